The summed E-state index contributed by atoms with van der Waals surface area (Å²) in [6.07, 6.45) is 1.24. The molecule has 0 spiro atoms. The van der Waals surface area contributed by atoms with E-state index in [4.69, 9.17) is 0 Å². The third-order valence-corrected chi connectivity index (χ3v) is 3.86. The van der Waals surface area contributed by atoms with Crippen LogP contribution in [0.4, 0.5) is 4.39 Å². The van der Waals surface area contributed by atoms with Crippen molar-refractivity contribution in [1.29, 1.82) is 0 Å². The number of rotatable bonds is 5. The lowest BCUT2D eigenvalue weighted by Crippen LogP contribution is -2.26. The molecular formula is C15H16FNOS. The summed E-state index contributed by atoms with van der Waals surface area (Å²) in [6.45, 7) is 1.90. The largest absolute Gasteiger partial charge is 0.350 e. The second kappa shape index (κ2) is 6.48. The first-order valence-electron chi connectivity index (χ1n) is 6.22. The first-order chi connectivity index (χ1) is 9.15. The van der Waals surface area contributed by atoms with E-state index >= 15 is 0 Å². The predicted octanol–water partition coefficient (Wildman–Crippen LogP) is 3.70. The molecule has 0 saturated carbocycles. The van der Waals surface area contributed by atoms with Crippen LogP contribution in [0.2, 0.25) is 0 Å². The van der Waals surface area contributed by atoms with Crippen molar-refractivity contribution in [3.8, 4) is 0 Å². The monoisotopic (exact) mass is 277 g/mol. The Balaban J connectivity index is 1.83. The molecule has 1 amide bonds. The van der Waals surface area contributed by atoms with Gasteiger partial charge < -0.3 is 5.32 Å². The molecule has 1 atom stereocenters. The van der Waals surface area contributed by atoms with Crippen molar-refractivity contribution in [1.82, 2.24) is 5.32 Å². The zero-order valence-corrected chi connectivity index (χ0v) is 11.5. The molecule has 0 fully saturated rings. The van der Waals surface area contributed by atoms with Gasteiger partial charge in [0.1, 0.15) is 5.82 Å². The van der Waals surface area contributed by atoms with Crippen LogP contribution in [-0.4, -0.2) is 5.91 Å². The lowest BCUT2D eigenvalue weighted by molar-refractivity contribution is -0.121. The van der Waals surface area contributed by atoms with Gasteiger partial charge in [-0.3, -0.25) is 4.79 Å². The second-order valence-electron chi connectivity index (χ2n) is 4.42. The van der Waals surface area contributed by atoms with Crippen molar-refractivity contribution in [3.05, 3.63) is 58.0 Å². The van der Waals surface area contributed by atoms with Gasteiger partial charge in [0.25, 0.3) is 0 Å². The topological polar surface area (TPSA) is 29.1 Å². The van der Waals surface area contributed by atoms with Crippen LogP contribution in [0.3, 0.4) is 0 Å². The summed E-state index contributed by atoms with van der Waals surface area (Å²) in [5.41, 5.74) is 0.908. The van der Waals surface area contributed by atoms with Gasteiger partial charge in [-0.2, -0.15) is 0 Å². The third-order valence-electron chi connectivity index (χ3n) is 2.93. The van der Waals surface area contributed by atoms with Crippen LogP contribution >= 0.6 is 11.3 Å². The van der Waals surface area contributed by atoms with Crippen LogP contribution in [0.25, 0.3) is 0 Å². The Hall–Kier alpha value is -1.68. The van der Waals surface area contributed by atoms with E-state index in [1.54, 1.807) is 23.5 Å². The molecule has 2 aromatic rings. The number of aryl methyl sites for hydroxylation is 1. The van der Waals surface area contributed by atoms with Crippen molar-refractivity contribution >= 4 is 17.2 Å². The van der Waals surface area contributed by atoms with E-state index in [-0.39, 0.29) is 17.8 Å². The number of thiophene rings is 1. The SMILES string of the molecule is CC(NC(=O)CCc1cccs1)c1ccc(F)cc1. The molecule has 0 aliphatic carbocycles. The molecule has 2 rings (SSSR count). The maximum Gasteiger partial charge on any atom is 0.220 e. The number of carbonyl (C=O) groups is 1. The molecule has 0 aliphatic heterocycles. The lowest BCUT2D eigenvalue weighted by Gasteiger charge is -2.14. The molecule has 4 heteroatoms. The Labute approximate surface area is 116 Å². The molecule has 1 aromatic heterocycles. The molecule has 1 heterocycles. The van der Waals surface area contributed by atoms with Gasteiger partial charge in [-0.25, -0.2) is 4.39 Å². The lowest BCUT2D eigenvalue weighted by atomic mass is 10.1. The van der Waals surface area contributed by atoms with Crippen LogP contribution in [-0.2, 0) is 11.2 Å². The summed E-state index contributed by atoms with van der Waals surface area (Å²) in [5.74, 6) is -0.245. The van der Waals surface area contributed by atoms with Crippen LogP contribution in [0, 0.1) is 5.82 Å². The average Bonchev–Trinajstić information content (AvgIpc) is 2.90. The average molecular weight is 277 g/mol. The molecule has 0 aliphatic rings. The maximum atomic E-state index is 12.8. The highest BCUT2D eigenvalue weighted by Gasteiger charge is 2.09. The van der Waals surface area contributed by atoms with E-state index in [1.807, 2.05) is 24.4 Å². The summed E-state index contributed by atoms with van der Waals surface area (Å²) in [5, 5.41) is 4.93. The maximum absolute atomic E-state index is 12.8. The zero-order chi connectivity index (χ0) is 13.7. The number of hydrogen-bond acceptors (Lipinski definition) is 2. The van der Waals surface area contributed by atoms with E-state index in [0.717, 1.165) is 12.0 Å². The van der Waals surface area contributed by atoms with Crippen molar-refractivity contribution in [2.75, 3.05) is 0 Å². The molecule has 1 N–H and O–H groups in total. The Morgan fingerprint density at radius 3 is 2.68 bits per heavy atom. The van der Waals surface area contributed by atoms with Gasteiger partial charge in [-0.05, 0) is 42.5 Å². The quantitative estimate of drug-likeness (QED) is 0.887. The number of amides is 1. The van der Waals surface area contributed by atoms with Crippen LogP contribution in [0.5, 0.6) is 0 Å². The standard InChI is InChI=1S/C15H16FNOS/c1-11(12-4-6-13(16)7-5-12)17-15(18)9-8-14-3-2-10-19-14/h2-7,10-11H,8-9H2,1H3,(H,17,18). The Bertz CT molecular complexity index is 522. The van der Waals surface area contributed by atoms with Crippen molar-refractivity contribution in [2.24, 2.45) is 0 Å². The summed E-state index contributed by atoms with van der Waals surface area (Å²) in [7, 11) is 0. The number of carbonyl (C=O) groups excluding carboxylic acids is 1. The Kier molecular flexibility index (Phi) is 4.68. The van der Waals surface area contributed by atoms with E-state index in [9.17, 15) is 9.18 Å². The number of benzene rings is 1. The highest BCUT2D eigenvalue weighted by Crippen LogP contribution is 2.14. The minimum absolute atomic E-state index is 0.0187. The van der Waals surface area contributed by atoms with Gasteiger partial charge in [0.05, 0.1) is 6.04 Å². The number of nitrogens with one attached hydrogen (secondary N) is 1. The summed E-state index contributed by atoms with van der Waals surface area (Å²) >= 11 is 1.66. The van der Waals surface area contributed by atoms with Gasteiger partial charge in [-0.1, -0.05) is 18.2 Å². The fraction of sp³-hybridized carbons (Fsp3) is 0.267. The number of halogens is 1. The molecule has 100 valence electrons. The summed E-state index contributed by atoms with van der Waals surface area (Å²) in [4.78, 5) is 13.0. The van der Waals surface area contributed by atoms with Crippen LogP contribution in [0.1, 0.15) is 29.8 Å². The fourth-order valence-electron chi connectivity index (χ4n) is 1.84. The first kappa shape index (κ1) is 13.7. The predicted molar refractivity (Wildman–Crippen MR) is 75.6 cm³/mol. The van der Waals surface area contributed by atoms with E-state index in [2.05, 4.69) is 5.32 Å². The normalized spacial score (nSPS) is 12.1. The minimum atomic E-state index is -0.264. The zero-order valence-electron chi connectivity index (χ0n) is 10.7. The highest BCUT2D eigenvalue weighted by molar-refractivity contribution is 7.09. The minimum Gasteiger partial charge on any atom is -0.350 e. The molecule has 0 saturated heterocycles. The van der Waals surface area contributed by atoms with Crippen molar-refractivity contribution in [2.45, 2.75) is 25.8 Å². The van der Waals surface area contributed by atoms with Gasteiger partial charge in [0.2, 0.25) is 5.91 Å². The number of hydrogen-bond donors (Lipinski definition) is 1. The molecule has 19 heavy (non-hydrogen) atoms. The van der Waals surface area contributed by atoms with Gasteiger partial charge >= 0.3 is 0 Å². The molecule has 1 unspecified atom stereocenters. The molecule has 1 aromatic carbocycles. The fourth-order valence-corrected chi connectivity index (χ4v) is 2.55. The third kappa shape index (κ3) is 4.17. The smallest absolute Gasteiger partial charge is 0.220 e. The van der Waals surface area contributed by atoms with Crippen LogP contribution in [0.15, 0.2) is 41.8 Å². The van der Waals surface area contributed by atoms with Gasteiger partial charge in [-0.15, -0.1) is 11.3 Å². The summed E-state index contributed by atoms with van der Waals surface area (Å²) in [6, 6.07) is 10.1. The Morgan fingerprint density at radius 2 is 2.05 bits per heavy atom. The molecule has 0 radical (unpaired) electrons. The second-order valence-corrected chi connectivity index (χ2v) is 5.45. The van der Waals surface area contributed by atoms with E-state index in [1.165, 1.54) is 17.0 Å². The first-order valence-corrected chi connectivity index (χ1v) is 7.10. The molecular weight excluding hydrogens is 261 g/mol. The van der Waals surface area contributed by atoms with Gasteiger partial charge in [0.15, 0.2) is 0 Å². The van der Waals surface area contributed by atoms with E-state index in [0.29, 0.717) is 6.42 Å². The van der Waals surface area contributed by atoms with Crippen LogP contribution < -0.4 is 5.32 Å². The van der Waals surface area contributed by atoms with Crippen molar-refractivity contribution in [3.63, 3.8) is 0 Å². The summed E-state index contributed by atoms with van der Waals surface area (Å²) < 4.78 is 12.8. The molecule has 0 bridgehead atoms. The van der Waals surface area contributed by atoms with Crippen molar-refractivity contribution < 1.29 is 9.18 Å². The van der Waals surface area contributed by atoms with E-state index < -0.39 is 0 Å². The Morgan fingerprint density at radius 1 is 1.32 bits per heavy atom. The highest BCUT2D eigenvalue weighted by atomic mass is 32.1. The van der Waals surface area contributed by atoms with Gasteiger partial charge in [0, 0.05) is 11.3 Å². The molecule has 2 nitrogen and oxygen atoms in total.